The minimum absolute atomic E-state index is 0.00246. The fourth-order valence-electron chi connectivity index (χ4n) is 3.21. The van der Waals surface area contributed by atoms with Crippen molar-refractivity contribution in [3.63, 3.8) is 0 Å². The Balaban J connectivity index is 2.22. The number of methoxy groups -OCH3 is 1. The number of rotatable bonds is 2. The van der Waals surface area contributed by atoms with E-state index in [1.54, 1.807) is 7.11 Å². The van der Waals surface area contributed by atoms with Gasteiger partial charge in [0.05, 0.1) is 19.3 Å². The zero-order valence-corrected chi connectivity index (χ0v) is 12.8. The fraction of sp³-hybridized carbons (Fsp3) is 0.625. The topological polar surface area (TPSA) is 46.0 Å². The van der Waals surface area contributed by atoms with Crippen LogP contribution < -0.4 is 10.1 Å². The fourth-order valence-corrected chi connectivity index (χ4v) is 3.21. The zero-order valence-electron chi connectivity index (χ0n) is 12.8. The number of azo groups is 1. The van der Waals surface area contributed by atoms with E-state index in [4.69, 9.17) is 4.74 Å². The normalized spacial score (nSPS) is 16.8. The van der Waals surface area contributed by atoms with Crippen molar-refractivity contribution < 1.29 is 4.74 Å². The minimum atomic E-state index is 0.00246. The van der Waals surface area contributed by atoms with Crippen LogP contribution in [0.25, 0.3) is 0 Å². The number of nitrogens with zero attached hydrogens (tertiary/aromatic N) is 2. The van der Waals surface area contributed by atoms with Crippen LogP contribution in [0.2, 0.25) is 0 Å². The van der Waals surface area contributed by atoms with Crippen LogP contribution in [0.15, 0.2) is 10.2 Å². The summed E-state index contributed by atoms with van der Waals surface area (Å²) < 4.78 is 5.68. The molecule has 108 valence electrons. The molecule has 0 fully saturated rings. The van der Waals surface area contributed by atoms with Gasteiger partial charge in [0.25, 0.3) is 0 Å². The van der Waals surface area contributed by atoms with Gasteiger partial charge in [-0.1, -0.05) is 0 Å². The van der Waals surface area contributed by atoms with Gasteiger partial charge in [0.15, 0.2) is 5.75 Å². The first kappa shape index (κ1) is 13.4. The molecule has 1 N–H and O–H groups in total. The molecule has 0 saturated heterocycles. The third-order valence-corrected chi connectivity index (χ3v) is 3.97. The van der Waals surface area contributed by atoms with Crippen molar-refractivity contribution in [2.75, 3.05) is 12.4 Å². The van der Waals surface area contributed by atoms with E-state index in [1.165, 1.54) is 29.5 Å². The first-order valence-electron chi connectivity index (χ1n) is 7.41. The van der Waals surface area contributed by atoms with Crippen LogP contribution in [-0.2, 0) is 19.4 Å². The van der Waals surface area contributed by atoms with Gasteiger partial charge < -0.3 is 10.1 Å². The lowest BCUT2D eigenvalue weighted by Crippen LogP contribution is -2.28. The highest BCUT2D eigenvalue weighted by atomic mass is 16.5. The smallest absolute Gasteiger partial charge is 0.170 e. The lowest BCUT2D eigenvalue weighted by Gasteiger charge is -2.30. The summed E-state index contributed by atoms with van der Waals surface area (Å²) in [6.45, 7) is 7.24. The molecule has 20 heavy (non-hydrogen) atoms. The monoisotopic (exact) mass is 273 g/mol. The first-order valence-corrected chi connectivity index (χ1v) is 7.41. The van der Waals surface area contributed by atoms with E-state index in [-0.39, 0.29) is 5.54 Å². The van der Waals surface area contributed by atoms with E-state index < -0.39 is 0 Å². The Bertz CT molecular complexity index is 570. The van der Waals surface area contributed by atoms with Crippen molar-refractivity contribution in [3.8, 4) is 5.75 Å². The highest BCUT2D eigenvalue weighted by Gasteiger charge is 2.29. The lowest BCUT2D eigenvalue weighted by atomic mass is 9.85. The third kappa shape index (κ3) is 2.17. The van der Waals surface area contributed by atoms with Crippen LogP contribution in [0, 0.1) is 0 Å². The molecule has 3 rings (SSSR count). The number of anilines is 1. The maximum atomic E-state index is 5.68. The Morgan fingerprint density at radius 3 is 2.40 bits per heavy atom. The molecular weight excluding hydrogens is 250 g/mol. The summed E-state index contributed by atoms with van der Waals surface area (Å²) in [5.41, 5.74) is 6.26. The molecule has 0 aromatic heterocycles. The largest absolute Gasteiger partial charge is 0.492 e. The van der Waals surface area contributed by atoms with E-state index >= 15 is 0 Å². The molecule has 0 spiro atoms. The Morgan fingerprint density at radius 1 is 1.05 bits per heavy atom. The van der Waals surface area contributed by atoms with Gasteiger partial charge in [0, 0.05) is 11.1 Å². The second kappa shape index (κ2) is 4.76. The summed E-state index contributed by atoms with van der Waals surface area (Å²) in [6, 6.07) is 0. The van der Waals surface area contributed by atoms with Gasteiger partial charge in [-0.25, -0.2) is 0 Å². The average molecular weight is 273 g/mol. The predicted molar refractivity (Wildman–Crippen MR) is 81.2 cm³/mol. The standard InChI is InChI=1S/C16H23N3O/c1-16(2,3)18-13-11-8-6-5-7-10(11)12-9-17-19-14(12)15(13)20-4/h18H,5-9H2,1-4H3. The maximum Gasteiger partial charge on any atom is 0.170 e. The SMILES string of the molecule is COc1c2c(c3c(c1NC(C)(C)C)CCCC3)CN=N2. The Kier molecular flexibility index (Phi) is 3.19. The highest BCUT2D eigenvalue weighted by molar-refractivity contribution is 5.79. The summed E-state index contributed by atoms with van der Waals surface area (Å²) in [5, 5.41) is 12.2. The van der Waals surface area contributed by atoms with Gasteiger partial charge in [-0.15, -0.1) is 0 Å². The van der Waals surface area contributed by atoms with Crippen LogP contribution in [0.5, 0.6) is 5.75 Å². The van der Waals surface area contributed by atoms with Gasteiger partial charge in [-0.05, 0) is 57.6 Å². The van der Waals surface area contributed by atoms with E-state index in [1.807, 2.05) is 0 Å². The lowest BCUT2D eigenvalue weighted by molar-refractivity contribution is 0.415. The molecule has 2 aliphatic rings. The van der Waals surface area contributed by atoms with Gasteiger partial charge >= 0.3 is 0 Å². The number of ether oxygens (including phenoxy) is 1. The molecule has 1 heterocycles. The molecule has 0 saturated carbocycles. The number of nitrogens with one attached hydrogen (secondary N) is 1. The van der Waals surface area contributed by atoms with Crippen molar-refractivity contribution in [2.24, 2.45) is 10.2 Å². The Labute approximate surface area is 120 Å². The maximum absolute atomic E-state index is 5.68. The van der Waals surface area contributed by atoms with Crippen molar-refractivity contribution in [1.82, 2.24) is 0 Å². The summed E-state index contributed by atoms with van der Waals surface area (Å²) in [6.07, 6.45) is 4.78. The molecule has 1 aliphatic heterocycles. The van der Waals surface area contributed by atoms with Crippen LogP contribution in [0.3, 0.4) is 0 Å². The zero-order chi connectivity index (χ0) is 14.3. The van der Waals surface area contributed by atoms with Crippen LogP contribution in [0.1, 0.15) is 50.3 Å². The summed E-state index contributed by atoms with van der Waals surface area (Å²) in [4.78, 5) is 0. The van der Waals surface area contributed by atoms with E-state index in [0.29, 0.717) is 6.54 Å². The molecule has 0 atom stereocenters. The summed E-state index contributed by atoms with van der Waals surface area (Å²) in [7, 11) is 1.73. The molecule has 0 bridgehead atoms. The molecule has 1 aliphatic carbocycles. The van der Waals surface area contributed by atoms with Crippen LogP contribution in [-0.4, -0.2) is 12.6 Å². The van der Waals surface area contributed by atoms with E-state index in [0.717, 1.165) is 30.0 Å². The van der Waals surface area contributed by atoms with Gasteiger partial charge in [0.1, 0.15) is 5.69 Å². The van der Waals surface area contributed by atoms with Gasteiger partial charge in [-0.2, -0.15) is 10.2 Å². The van der Waals surface area contributed by atoms with Crippen LogP contribution >= 0.6 is 0 Å². The molecule has 0 unspecified atom stereocenters. The van der Waals surface area contributed by atoms with Gasteiger partial charge in [-0.3, -0.25) is 0 Å². The molecule has 4 heteroatoms. The summed E-state index contributed by atoms with van der Waals surface area (Å²) >= 11 is 0. The van der Waals surface area contributed by atoms with Gasteiger partial charge in [0.2, 0.25) is 0 Å². The van der Waals surface area contributed by atoms with Crippen molar-refractivity contribution in [3.05, 3.63) is 16.7 Å². The molecule has 0 radical (unpaired) electrons. The number of hydrogen-bond acceptors (Lipinski definition) is 4. The Hall–Kier alpha value is -1.58. The molecule has 1 aromatic rings. The molecule has 4 nitrogen and oxygen atoms in total. The highest BCUT2D eigenvalue weighted by Crippen LogP contribution is 2.49. The quantitative estimate of drug-likeness (QED) is 0.869. The Morgan fingerprint density at radius 2 is 1.75 bits per heavy atom. The number of benzene rings is 1. The molecular formula is C16H23N3O. The number of hydrogen-bond donors (Lipinski definition) is 1. The van der Waals surface area contributed by atoms with Crippen molar-refractivity contribution >= 4 is 11.4 Å². The second-order valence-electron chi connectivity index (χ2n) is 6.67. The minimum Gasteiger partial charge on any atom is -0.492 e. The predicted octanol–water partition coefficient (Wildman–Crippen LogP) is 4.38. The average Bonchev–Trinajstić information content (AvgIpc) is 2.87. The van der Waals surface area contributed by atoms with E-state index in [2.05, 4.69) is 36.3 Å². The third-order valence-electron chi connectivity index (χ3n) is 3.97. The molecule has 0 amide bonds. The number of fused-ring (bicyclic) bond motifs is 3. The second-order valence-corrected chi connectivity index (χ2v) is 6.67. The summed E-state index contributed by atoms with van der Waals surface area (Å²) in [5.74, 6) is 0.872. The van der Waals surface area contributed by atoms with Crippen molar-refractivity contribution in [1.29, 1.82) is 0 Å². The van der Waals surface area contributed by atoms with Crippen molar-refractivity contribution in [2.45, 2.75) is 58.5 Å². The molecule has 1 aromatic carbocycles. The first-order chi connectivity index (χ1) is 9.51. The van der Waals surface area contributed by atoms with Crippen LogP contribution in [0.4, 0.5) is 11.4 Å². The van der Waals surface area contributed by atoms with E-state index in [9.17, 15) is 0 Å².